The first kappa shape index (κ1) is 23.5. The van der Waals surface area contributed by atoms with Gasteiger partial charge < -0.3 is 25.2 Å². The van der Waals surface area contributed by atoms with Crippen LogP contribution in [0.3, 0.4) is 0 Å². The second-order valence-corrected chi connectivity index (χ2v) is 11.8. The Hall–Kier alpha value is -0.690. The molecule has 0 aromatic rings. The maximum Gasteiger partial charge on any atom is 0.334 e. The predicted molar refractivity (Wildman–Crippen MR) is 116 cm³/mol. The molecule has 4 fully saturated rings. The van der Waals surface area contributed by atoms with Crippen molar-refractivity contribution in [1.82, 2.24) is 0 Å². The Morgan fingerprint density at radius 3 is 2.39 bits per heavy atom. The van der Waals surface area contributed by atoms with Gasteiger partial charge in [0.1, 0.15) is 0 Å². The van der Waals surface area contributed by atoms with E-state index in [0.29, 0.717) is 24.7 Å². The lowest BCUT2D eigenvalue weighted by molar-refractivity contribution is -0.185. The zero-order valence-corrected chi connectivity index (χ0v) is 19.5. The summed E-state index contributed by atoms with van der Waals surface area (Å²) < 4.78 is 4.69. The van der Waals surface area contributed by atoms with Crippen LogP contribution in [-0.4, -0.2) is 57.9 Å². The summed E-state index contributed by atoms with van der Waals surface area (Å²) in [5.41, 5.74) is 0.00313. The quantitative estimate of drug-likeness (QED) is 0.503. The van der Waals surface area contributed by atoms with E-state index in [9.17, 15) is 25.2 Å². The van der Waals surface area contributed by atoms with Gasteiger partial charge in [0.2, 0.25) is 0 Å². The smallest absolute Gasteiger partial charge is 0.334 e. The third kappa shape index (κ3) is 3.66. The summed E-state index contributed by atoms with van der Waals surface area (Å²) in [4.78, 5) is 11.7. The van der Waals surface area contributed by atoms with E-state index in [1.54, 1.807) is 0 Å². The van der Waals surface area contributed by atoms with Crippen molar-refractivity contribution < 1.29 is 30.0 Å². The molecule has 0 amide bonds. The number of ether oxygens (including phenoxy) is 1. The van der Waals surface area contributed by atoms with Crippen LogP contribution in [0, 0.1) is 46.3 Å². The maximum atomic E-state index is 11.7. The molecule has 0 saturated heterocycles. The Balaban J connectivity index is 1.58. The van der Waals surface area contributed by atoms with Crippen LogP contribution in [0.2, 0.25) is 0 Å². The van der Waals surface area contributed by atoms with Crippen molar-refractivity contribution in [2.45, 2.75) is 96.6 Å². The zero-order valence-electron chi connectivity index (χ0n) is 19.5. The first-order valence-electron chi connectivity index (χ1n) is 12.3. The average molecular weight is 439 g/mol. The standard InChI is InChI=1S/C25H42O6/c1-13(9-20(29)23(30)31-4)17-12-19(28)22-21-16(6-8-25(17,22)3)24(2)7-5-15(26)10-14(24)11-18(21)27/h13-22,26-29H,5-12H2,1-4H3/t13-,14+,15-,16?,17?,18?,19+,20-,21?,22+,24+,25-/m1/s1. The highest BCUT2D eigenvalue weighted by Crippen LogP contribution is 2.68. The molecule has 4 aliphatic rings. The number of carbonyl (C=O) groups is 1. The lowest BCUT2D eigenvalue weighted by atomic mass is 9.43. The summed E-state index contributed by atoms with van der Waals surface area (Å²) in [6, 6.07) is 0. The molecule has 4 unspecified atom stereocenters. The molecule has 12 atom stereocenters. The van der Waals surface area contributed by atoms with E-state index in [1.807, 2.05) is 0 Å². The van der Waals surface area contributed by atoms with Gasteiger partial charge in [0, 0.05) is 0 Å². The molecule has 31 heavy (non-hydrogen) atoms. The number of methoxy groups -OCH3 is 1. The summed E-state index contributed by atoms with van der Waals surface area (Å²) in [7, 11) is 1.29. The average Bonchev–Trinajstić information content (AvgIpc) is 2.99. The number of fused-ring (bicyclic) bond motifs is 5. The molecule has 4 aliphatic carbocycles. The van der Waals surface area contributed by atoms with E-state index in [4.69, 9.17) is 4.74 Å². The molecule has 4 rings (SSSR count). The minimum Gasteiger partial charge on any atom is -0.467 e. The van der Waals surface area contributed by atoms with Crippen LogP contribution in [0.15, 0.2) is 0 Å². The fraction of sp³-hybridized carbons (Fsp3) is 0.960. The van der Waals surface area contributed by atoms with Crippen molar-refractivity contribution in [2.24, 2.45) is 46.3 Å². The van der Waals surface area contributed by atoms with Crippen LogP contribution >= 0.6 is 0 Å². The first-order valence-corrected chi connectivity index (χ1v) is 12.3. The number of esters is 1. The van der Waals surface area contributed by atoms with Gasteiger partial charge in [-0.05, 0) is 97.7 Å². The van der Waals surface area contributed by atoms with Gasteiger partial charge in [0.05, 0.1) is 25.4 Å². The second kappa shape index (κ2) is 8.27. The van der Waals surface area contributed by atoms with Crippen LogP contribution in [0.1, 0.15) is 72.1 Å². The molecule has 4 saturated carbocycles. The molecule has 4 N–H and O–H groups in total. The highest BCUT2D eigenvalue weighted by Gasteiger charge is 2.65. The van der Waals surface area contributed by atoms with Crippen molar-refractivity contribution in [2.75, 3.05) is 7.11 Å². The molecule has 6 heteroatoms. The minimum atomic E-state index is -1.13. The fourth-order valence-electron chi connectivity index (χ4n) is 8.93. The third-order valence-corrected chi connectivity index (χ3v) is 10.5. The number of aliphatic hydroxyl groups excluding tert-OH is 4. The monoisotopic (exact) mass is 438 g/mol. The third-order valence-electron chi connectivity index (χ3n) is 10.5. The van der Waals surface area contributed by atoms with Crippen molar-refractivity contribution in [3.05, 3.63) is 0 Å². The van der Waals surface area contributed by atoms with Gasteiger partial charge in [-0.15, -0.1) is 0 Å². The van der Waals surface area contributed by atoms with Gasteiger partial charge >= 0.3 is 5.97 Å². The van der Waals surface area contributed by atoms with Crippen LogP contribution in [0.5, 0.6) is 0 Å². The SMILES string of the molecule is COC(=O)[C@H](O)C[C@@H](C)C1C[C@H](O)[C@H]2C3C(O)C[C@@H]4C[C@H](O)CC[C@]4(C)C3CC[C@]12C. The van der Waals surface area contributed by atoms with Gasteiger partial charge in [-0.2, -0.15) is 0 Å². The molecule has 0 spiro atoms. The van der Waals surface area contributed by atoms with Gasteiger partial charge in [-0.1, -0.05) is 20.8 Å². The van der Waals surface area contributed by atoms with Crippen LogP contribution < -0.4 is 0 Å². The first-order chi connectivity index (χ1) is 14.5. The van der Waals surface area contributed by atoms with Crippen molar-refractivity contribution >= 4 is 5.97 Å². The Kier molecular flexibility index (Phi) is 6.26. The summed E-state index contributed by atoms with van der Waals surface area (Å²) in [5.74, 6) is 0.498. The summed E-state index contributed by atoms with van der Waals surface area (Å²) in [6.07, 6.45) is 4.06. The zero-order chi connectivity index (χ0) is 22.7. The Labute approximate surface area is 186 Å². The Morgan fingerprint density at radius 1 is 1.03 bits per heavy atom. The summed E-state index contributed by atoms with van der Waals surface area (Å²) in [6.45, 7) is 6.70. The lowest BCUT2D eigenvalue weighted by Gasteiger charge is -2.62. The van der Waals surface area contributed by atoms with E-state index in [2.05, 4.69) is 20.8 Å². The normalized spacial score (nSPS) is 51.2. The molecular weight excluding hydrogens is 396 g/mol. The number of hydrogen-bond donors (Lipinski definition) is 4. The molecule has 0 radical (unpaired) electrons. The van der Waals surface area contributed by atoms with Crippen molar-refractivity contribution in [3.63, 3.8) is 0 Å². The van der Waals surface area contributed by atoms with Crippen molar-refractivity contribution in [1.29, 1.82) is 0 Å². The van der Waals surface area contributed by atoms with Crippen LogP contribution in [0.25, 0.3) is 0 Å². The molecular formula is C25H42O6. The van der Waals surface area contributed by atoms with E-state index in [1.165, 1.54) is 7.11 Å². The van der Waals surface area contributed by atoms with Gasteiger partial charge in [-0.3, -0.25) is 0 Å². The van der Waals surface area contributed by atoms with E-state index < -0.39 is 24.3 Å². The maximum absolute atomic E-state index is 11.7. The van der Waals surface area contributed by atoms with E-state index in [0.717, 1.165) is 38.5 Å². The minimum absolute atomic E-state index is 0.0357. The number of aliphatic hydroxyl groups is 4. The van der Waals surface area contributed by atoms with Gasteiger partial charge in [0.15, 0.2) is 6.10 Å². The topological polar surface area (TPSA) is 107 Å². The molecule has 0 aromatic heterocycles. The molecule has 0 aliphatic heterocycles. The second-order valence-electron chi connectivity index (χ2n) is 11.8. The van der Waals surface area contributed by atoms with Gasteiger partial charge in [0.25, 0.3) is 0 Å². The molecule has 0 bridgehead atoms. The van der Waals surface area contributed by atoms with Crippen molar-refractivity contribution in [3.8, 4) is 0 Å². The molecule has 6 nitrogen and oxygen atoms in total. The Bertz CT molecular complexity index is 683. The fourth-order valence-corrected chi connectivity index (χ4v) is 8.93. The number of rotatable bonds is 4. The van der Waals surface area contributed by atoms with E-state index in [-0.39, 0.29) is 40.6 Å². The summed E-state index contributed by atoms with van der Waals surface area (Å²) in [5, 5.41) is 43.0. The molecule has 0 aromatic carbocycles. The highest BCUT2D eigenvalue weighted by atomic mass is 16.5. The van der Waals surface area contributed by atoms with Crippen LogP contribution in [0.4, 0.5) is 0 Å². The molecule has 0 heterocycles. The lowest BCUT2D eigenvalue weighted by Crippen LogP contribution is -2.60. The van der Waals surface area contributed by atoms with Gasteiger partial charge in [-0.25, -0.2) is 4.79 Å². The largest absolute Gasteiger partial charge is 0.467 e. The highest BCUT2D eigenvalue weighted by molar-refractivity contribution is 5.74. The molecule has 178 valence electrons. The Morgan fingerprint density at radius 2 is 1.71 bits per heavy atom. The van der Waals surface area contributed by atoms with Crippen LogP contribution in [-0.2, 0) is 9.53 Å². The number of carbonyl (C=O) groups excluding carboxylic acids is 1. The number of hydrogen-bond acceptors (Lipinski definition) is 6. The summed E-state index contributed by atoms with van der Waals surface area (Å²) >= 11 is 0. The van der Waals surface area contributed by atoms with E-state index >= 15 is 0 Å². The predicted octanol–water partition coefficient (Wildman–Crippen LogP) is 2.51.